The summed E-state index contributed by atoms with van der Waals surface area (Å²) in [6.07, 6.45) is 1.24. The van der Waals surface area contributed by atoms with Gasteiger partial charge >= 0.3 is 0 Å². The van der Waals surface area contributed by atoms with Crippen LogP contribution in [-0.2, 0) is 22.6 Å². The van der Waals surface area contributed by atoms with Crippen LogP contribution in [0.5, 0.6) is 0 Å². The van der Waals surface area contributed by atoms with E-state index in [2.05, 4.69) is 25.6 Å². The van der Waals surface area contributed by atoms with E-state index in [-0.39, 0.29) is 30.4 Å². The Bertz CT molecular complexity index is 969. The zero-order valence-electron chi connectivity index (χ0n) is 15.4. The number of aliphatic hydroxyl groups is 1. The van der Waals surface area contributed by atoms with Crippen molar-refractivity contribution < 1.29 is 23.4 Å². The number of ether oxygens (including phenoxy) is 1. The Morgan fingerprint density at radius 2 is 2.17 bits per heavy atom. The van der Waals surface area contributed by atoms with Gasteiger partial charge in [-0.15, -0.1) is 0 Å². The van der Waals surface area contributed by atoms with Crippen molar-refractivity contribution in [3.05, 3.63) is 53.0 Å². The largest absolute Gasteiger partial charge is 0.391 e. The van der Waals surface area contributed by atoms with E-state index in [0.29, 0.717) is 36.7 Å². The number of carbonyl (C=O) groups is 1. The lowest BCUT2D eigenvalue weighted by Gasteiger charge is -2.29. The van der Waals surface area contributed by atoms with Crippen LogP contribution in [0.3, 0.4) is 0 Å². The van der Waals surface area contributed by atoms with Crippen molar-refractivity contribution in [3.63, 3.8) is 0 Å². The molecule has 8 nitrogen and oxygen atoms in total. The minimum absolute atomic E-state index is 0.0299. The van der Waals surface area contributed by atoms with Crippen LogP contribution in [0.15, 0.2) is 29.5 Å². The molecule has 1 aromatic carbocycles. The van der Waals surface area contributed by atoms with E-state index < -0.39 is 23.6 Å². The average molecular weight is 403 g/mol. The van der Waals surface area contributed by atoms with E-state index in [1.807, 2.05) is 0 Å². The highest BCUT2D eigenvalue weighted by molar-refractivity contribution is 6.47. The van der Waals surface area contributed by atoms with Crippen LogP contribution in [0, 0.1) is 11.6 Å². The zero-order chi connectivity index (χ0) is 20.4. The number of hydrogen-bond acceptors (Lipinski definition) is 7. The number of nitrogens with one attached hydrogen (secondary N) is 2. The van der Waals surface area contributed by atoms with Crippen LogP contribution in [0.4, 0.5) is 14.6 Å². The van der Waals surface area contributed by atoms with Gasteiger partial charge in [0.25, 0.3) is 5.91 Å². The summed E-state index contributed by atoms with van der Waals surface area (Å²) < 4.78 is 32.5. The van der Waals surface area contributed by atoms with Crippen molar-refractivity contribution in [2.24, 2.45) is 4.99 Å². The summed E-state index contributed by atoms with van der Waals surface area (Å²) in [5, 5.41) is 15.8. The van der Waals surface area contributed by atoms with E-state index in [0.717, 1.165) is 18.2 Å². The molecule has 29 heavy (non-hydrogen) atoms. The van der Waals surface area contributed by atoms with E-state index in [1.54, 1.807) is 0 Å². The van der Waals surface area contributed by atoms with Gasteiger partial charge in [0.1, 0.15) is 29.5 Å². The third kappa shape index (κ3) is 4.08. The molecule has 4 rings (SSSR count). The minimum Gasteiger partial charge on any atom is -0.391 e. The molecule has 3 heterocycles. The van der Waals surface area contributed by atoms with Crippen LogP contribution < -0.4 is 10.6 Å². The molecular weight excluding hydrogens is 384 g/mol. The molecule has 1 aromatic heterocycles. The van der Waals surface area contributed by atoms with Crippen LogP contribution in [0.1, 0.15) is 23.2 Å². The molecule has 1 saturated heterocycles. The number of amides is 1. The van der Waals surface area contributed by atoms with Crippen molar-refractivity contribution in [1.29, 1.82) is 0 Å². The molecule has 10 heteroatoms. The highest BCUT2D eigenvalue weighted by Gasteiger charge is 2.30. The van der Waals surface area contributed by atoms with Crippen molar-refractivity contribution in [3.8, 4) is 0 Å². The first-order chi connectivity index (χ1) is 14.0. The van der Waals surface area contributed by atoms with Crippen LogP contribution in [0.25, 0.3) is 0 Å². The van der Waals surface area contributed by atoms with E-state index in [9.17, 15) is 18.7 Å². The standard InChI is InChI=1S/C19H19F2N5O3/c20-11-1-2-12(21)10(5-11)6-23-19(28)17-16-13(7-22-17)24-9-25-18(16)26-14-8-29-4-3-15(14)27/h1-2,5,9,14-15,27H,3-4,6-8H2,(H,23,28)(H,24,25,26)/t14-,15-/m1/s1. The first kappa shape index (κ1) is 19.3. The zero-order valence-corrected chi connectivity index (χ0v) is 15.4. The van der Waals surface area contributed by atoms with Gasteiger partial charge in [0, 0.05) is 18.7 Å². The summed E-state index contributed by atoms with van der Waals surface area (Å²) in [4.78, 5) is 25.3. The molecule has 0 aliphatic carbocycles. The Balaban J connectivity index is 1.51. The number of rotatable bonds is 5. The van der Waals surface area contributed by atoms with Crippen molar-refractivity contribution in [2.75, 3.05) is 18.5 Å². The quantitative estimate of drug-likeness (QED) is 0.686. The summed E-state index contributed by atoms with van der Waals surface area (Å²) in [6.45, 7) is 0.792. The van der Waals surface area contributed by atoms with E-state index in [1.165, 1.54) is 6.33 Å². The number of carbonyl (C=O) groups excluding carboxylic acids is 1. The normalized spacial score (nSPS) is 20.7. The van der Waals surface area contributed by atoms with Crippen LogP contribution >= 0.6 is 0 Å². The Kier molecular flexibility index (Phi) is 5.45. The predicted octanol–water partition coefficient (Wildman–Crippen LogP) is 0.936. The van der Waals surface area contributed by atoms with Crippen LogP contribution in [0.2, 0.25) is 0 Å². The number of aliphatic imine (C=N–C) groups is 1. The Hall–Kier alpha value is -2.98. The van der Waals surface area contributed by atoms with E-state index in [4.69, 9.17) is 4.74 Å². The number of halogens is 2. The molecule has 2 aliphatic rings. The monoisotopic (exact) mass is 403 g/mol. The number of nitrogens with zero attached hydrogens (tertiary/aromatic N) is 3. The molecule has 152 valence electrons. The Labute approximate surface area is 165 Å². The van der Waals surface area contributed by atoms with Gasteiger partial charge in [0.15, 0.2) is 0 Å². The maximum atomic E-state index is 13.8. The minimum atomic E-state index is -0.613. The lowest BCUT2D eigenvalue weighted by molar-refractivity contribution is -0.114. The first-order valence-corrected chi connectivity index (χ1v) is 9.16. The molecular formula is C19H19F2N5O3. The second-order valence-electron chi connectivity index (χ2n) is 6.81. The molecule has 0 bridgehead atoms. The molecule has 0 saturated carbocycles. The molecule has 2 aromatic rings. The van der Waals surface area contributed by atoms with Crippen molar-refractivity contribution in [2.45, 2.75) is 31.7 Å². The molecule has 1 fully saturated rings. The second kappa shape index (κ2) is 8.18. The summed E-state index contributed by atoms with van der Waals surface area (Å²) >= 11 is 0. The summed E-state index contributed by atoms with van der Waals surface area (Å²) in [5.74, 6) is -1.39. The molecule has 1 amide bonds. The second-order valence-corrected chi connectivity index (χ2v) is 6.81. The van der Waals surface area contributed by atoms with Gasteiger partial charge in [-0.1, -0.05) is 0 Å². The smallest absolute Gasteiger partial charge is 0.270 e. The Morgan fingerprint density at radius 1 is 1.31 bits per heavy atom. The number of aliphatic hydroxyl groups excluding tert-OH is 1. The lowest BCUT2D eigenvalue weighted by atomic mass is 10.1. The van der Waals surface area contributed by atoms with Crippen LogP contribution in [-0.4, -0.2) is 52.1 Å². The molecule has 0 spiro atoms. The number of aromatic nitrogens is 2. The maximum Gasteiger partial charge on any atom is 0.270 e. The molecule has 0 radical (unpaired) electrons. The average Bonchev–Trinajstić information content (AvgIpc) is 3.15. The molecule has 2 aliphatic heterocycles. The van der Waals surface area contributed by atoms with Gasteiger partial charge in [-0.3, -0.25) is 9.79 Å². The summed E-state index contributed by atoms with van der Waals surface area (Å²) in [5.41, 5.74) is 1.13. The van der Waals surface area contributed by atoms with Crippen molar-refractivity contribution in [1.82, 2.24) is 15.3 Å². The predicted molar refractivity (Wildman–Crippen MR) is 99.3 cm³/mol. The van der Waals surface area contributed by atoms with Gasteiger partial charge in [0.2, 0.25) is 0 Å². The number of anilines is 1. The topological polar surface area (TPSA) is 109 Å². The van der Waals surface area contributed by atoms with Crippen molar-refractivity contribution >= 4 is 17.4 Å². The third-order valence-electron chi connectivity index (χ3n) is 4.85. The van der Waals surface area contributed by atoms with E-state index >= 15 is 0 Å². The first-order valence-electron chi connectivity index (χ1n) is 9.16. The lowest BCUT2D eigenvalue weighted by Crippen LogP contribution is -2.43. The molecule has 2 atom stereocenters. The van der Waals surface area contributed by atoms with Gasteiger partial charge in [-0.25, -0.2) is 18.7 Å². The summed E-state index contributed by atoms with van der Waals surface area (Å²) in [7, 11) is 0. The number of fused-ring (bicyclic) bond motifs is 1. The molecule has 0 unspecified atom stereocenters. The van der Waals surface area contributed by atoms with Gasteiger partial charge < -0.3 is 20.5 Å². The van der Waals surface area contributed by atoms with Gasteiger partial charge in [-0.2, -0.15) is 0 Å². The van der Waals surface area contributed by atoms with Gasteiger partial charge in [0.05, 0.1) is 36.6 Å². The fourth-order valence-corrected chi connectivity index (χ4v) is 3.30. The summed E-state index contributed by atoms with van der Waals surface area (Å²) in [6, 6.07) is 2.66. The number of benzene rings is 1. The highest BCUT2D eigenvalue weighted by atomic mass is 19.1. The highest BCUT2D eigenvalue weighted by Crippen LogP contribution is 2.25. The SMILES string of the molecule is O=C(NCc1cc(F)ccc1F)C1=NCc2ncnc(N[C@@H]3COCC[C@H]3O)c21. The maximum absolute atomic E-state index is 13.8. The van der Waals surface area contributed by atoms with Gasteiger partial charge in [-0.05, 0) is 24.6 Å². The molecule has 3 N–H and O–H groups in total. The fraction of sp³-hybridized carbons (Fsp3) is 0.368. The number of hydrogen-bond donors (Lipinski definition) is 3. The fourth-order valence-electron chi connectivity index (χ4n) is 3.30. The third-order valence-corrected chi connectivity index (χ3v) is 4.85. The Morgan fingerprint density at radius 3 is 3.00 bits per heavy atom.